The predicted molar refractivity (Wildman–Crippen MR) is 116 cm³/mol. The third-order valence-electron chi connectivity index (χ3n) is 5.57. The van der Waals surface area contributed by atoms with Gasteiger partial charge in [-0.15, -0.1) is 0 Å². The Labute approximate surface area is 195 Å². The molecule has 4 rings (SSSR count). The van der Waals surface area contributed by atoms with Gasteiger partial charge in [0.15, 0.2) is 0 Å². The fraction of sp³-hybridized carbons (Fsp3) is 0.167. The molecule has 1 aliphatic heterocycles. The Bertz CT molecular complexity index is 1390. The van der Waals surface area contributed by atoms with Crippen LogP contribution in [0.3, 0.4) is 0 Å². The average molecular weight is 484 g/mol. The maximum Gasteiger partial charge on any atom is 0.406 e. The molecule has 0 spiro atoms. The number of benzene rings is 2. The quantitative estimate of drug-likeness (QED) is 0.549. The number of nitrogens with one attached hydrogen (secondary N) is 2. The van der Waals surface area contributed by atoms with Crippen LogP contribution in [0.1, 0.15) is 39.0 Å². The zero-order valence-electron chi connectivity index (χ0n) is 17.8. The lowest BCUT2D eigenvalue weighted by Gasteiger charge is -2.41. The zero-order chi connectivity index (χ0) is 25.3. The fourth-order valence-corrected chi connectivity index (χ4v) is 4.13. The molecule has 2 N–H and O–H groups in total. The number of nitriles is 1. The number of anilines is 1. The number of halogens is 4. The zero-order valence-corrected chi connectivity index (χ0v) is 17.8. The first-order chi connectivity index (χ1) is 16.6. The third-order valence-corrected chi connectivity index (χ3v) is 5.57. The Hall–Kier alpha value is -4.46. The number of hydrogen-bond donors (Lipinski definition) is 2. The molecule has 0 saturated heterocycles. The molecule has 0 fully saturated rings. The minimum absolute atomic E-state index is 0.0462. The number of hydrogen-bond acceptors (Lipinski definition) is 4. The number of carbonyl (C=O) groups is 2. The molecule has 0 aliphatic carbocycles. The van der Waals surface area contributed by atoms with Gasteiger partial charge in [0.25, 0.3) is 5.91 Å². The molecule has 2 aromatic carbocycles. The number of amides is 2. The van der Waals surface area contributed by atoms with Crippen molar-refractivity contribution < 1.29 is 27.2 Å². The molecule has 0 saturated carbocycles. The van der Waals surface area contributed by atoms with Crippen LogP contribution in [0.2, 0.25) is 0 Å². The van der Waals surface area contributed by atoms with Gasteiger partial charge >= 0.3 is 6.18 Å². The second-order valence-electron chi connectivity index (χ2n) is 7.84. The summed E-state index contributed by atoms with van der Waals surface area (Å²) in [6, 6.07) is 11.6. The van der Waals surface area contributed by atoms with Gasteiger partial charge in [0, 0.05) is 23.5 Å². The molecule has 2 atom stereocenters. The Balaban J connectivity index is 1.86. The second-order valence-corrected chi connectivity index (χ2v) is 7.84. The minimum Gasteiger partial charge on any atom is -0.329 e. The first kappa shape index (κ1) is 23.7. The lowest BCUT2D eigenvalue weighted by Crippen LogP contribution is -2.49. The summed E-state index contributed by atoms with van der Waals surface area (Å²) in [5.41, 5.74) is -0.590. The molecule has 2 amide bonds. The van der Waals surface area contributed by atoms with Crippen molar-refractivity contribution in [3.05, 3.63) is 99.2 Å². The molecule has 1 aliphatic rings. The van der Waals surface area contributed by atoms with Crippen LogP contribution in [0, 0.1) is 17.1 Å². The lowest BCUT2D eigenvalue weighted by molar-refractivity contribution is -0.148. The number of fused-ring (bicyclic) bond motifs is 1. The summed E-state index contributed by atoms with van der Waals surface area (Å²) in [6.07, 6.45) is -3.62. The molecule has 11 heteroatoms. The smallest absolute Gasteiger partial charge is 0.329 e. The maximum atomic E-state index is 13.7. The van der Waals surface area contributed by atoms with Gasteiger partial charge in [0.2, 0.25) is 11.5 Å². The molecule has 7 nitrogen and oxygen atoms in total. The number of nitrogens with zero attached hydrogens (tertiary/aromatic N) is 2. The summed E-state index contributed by atoms with van der Waals surface area (Å²) >= 11 is 0. The van der Waals surface area contributed by atoms with Crippen LogP contribution in [0.25, 0.3) is 0 Å². The minimum atomic E-state index is -4.78. The number of rotatable bonds is 4. The van der Waals surface area contributed by atoms with Gasteiger partial charge < -0.3 is 15.2 Å². The molecule has 2 heterocycles. The molecule has 1 aromatic heterocycles. The van der Waals surface area contributed by atoms with Gasteiger partial charge in [-0.2, -0.15) is 18.4 Å². The topological polar surface area (TPSA) is 106 Å². The van der Waals surface area contributed by atoms with E-state index in [1.807, 2.05) is 0 Å². The van der Waals surface area contributed by atoms with Crippen molar-refractivity contribution in [1.82, 2.24) is 9.88 Å². The van der Waals surface area contributed by atoms with Crippen molar-refractivity contribution in [2.24, 2.45) is 0 Å². The summed E-state index contributed by atoms with van der Waals surface area (Å²) in [6.45, 7) is -1.64. The Morgan fingerprint density at radius 3 is 2.51 bits per heavy atom. The van der Waals surface area contributed by atoms with Crippen LogP contribution in [0.15, 0.2) is 65.6 Å². The Morgan fingerprint density at radius 1 is 1.11 bits per heavy atom. The summed E-state index contributed by atoms with van der Waals surface area (Å²) in [5, 5.41) is 11.6. The summed E-state index contributed by atoms with van der Waals surface area (Å²) in [7, 11) is 0. The van der Waals surface area contributed by atoms with Crippen LogP contribution in [-0.2, 0) is 4.79 Å². The van der Waals surface area contributed by atoms with E-state index in [2.05, 4.69) is 10.3 Å². The fourth-order valence-electron chi connectivity index (χ4n) is 4.13. The van der Waals surface area contributed by atoms with E-state index >= 15 is 0 Å². The van der Waals surface area contributed by atoms with Gasteiger partial charge in [-0.3, -0.25) is 14.4 Å². The highest BCUT2D eigenvalue weighted by Gasteiger charge is 2.47. The van der Waals surface area contributed by atoms with Crippen molar-refractivity contribution in [2.45, 2.75) is 18.1 Å². The van der Waals surface area contributed by atoms with Crippen molar-refractivity contribution in [2.75, 3.05) is 11.9 Å². The number of aromatic amines is 1. The van der Waals surface area contributed by atoms with Crippen LogP contribution < -0.4 is 10.9 Å². The Kier molecular flexibility index (Phi) is 6.13. The molecule has 178 valence electrons. The van der Waals surface area contributed by atoms with E-state index in [1.54, 1.807) is 12.1 Å². The first-order valence-electron chi connectivity index (χ1n) is 10.2. The third kappa shape index (κ3) is 4.77. The van der Waals surface area contributed by atoms with E-state index in [0.29, 0.717) is 4.90 Å². The van der Waals surface area contributed by atoms with E-state index in [-0.39, 0.29) is 27.9 Å². The highest BCUT2D eigenvalue weighted by molar-refractivity contribution is 6.04. The molecule has 35 heavy (non-hydrogen) atoms. The molecular weight excluding hydrogens is 468 g/mol. The van der Waals surface area contributed by atoms with E-state index < -0.39 is 47.9 Å². The van der Waals surface area contributed by atoms with Gasteiger partial charge in [0.05, 0.1) is 17.5 Å². The van der Waals surface area contributed by atoms with Crippen molar-refractivity contribution in [1.29, 1.82) is 5.26 Å². The van der Waals surface area contributed by atoms with Crippen LogP contribution in [-0.4, -0.2) is 34.4 Å². The van der Waals surface area contributed by atoms with Gasteiger partial charge in [-0.1, -0.05) is 18.2 Å². The highest BCUT2D eigenvalue weighted by Crippen LogP contribution is 2.44. The number of aromatic nitrogens is 1. The molecule has 0 unspecified atom stereocenters. The summed E-state index contributed by atoms with van der Waals surface area (Å²) < 4.78 is 54.3. The number of H-pyrrole nitrogens is 1. The molecule has 0 radical (unpaired) electrons. The summed E-state index contributed by atoms with van der Waals surface area (Å²) in [4.78, 5) is 41.1. The highest BCUT2D eigenvalue weighted by atomic mass is 19.4. The van der Waals surface area contributed by atoms with E-state index in [1.165, 1.54) is 30.3 Å². The first-order valence-corrected chi connectivity index (χ1v) is 10.2. The largest absolute Gasteiger partial charge is 0.406 e. The standard InChI is InChI=1S/C24H16F4N4O3/c25-18-7-6-15(9-14(18)10-29)31-22(34)20-16-3-1-2-4-17(16)23(35)32(12-24(26,27)28)21(20)13-5-8-19(33)30-11-13/h1-9,11,20-21H,12H2,(H,30,33)(H,31,34)/t20-,21+/m0/s1. The van der Waals surface area contributed by atoms with Gasteiger partial charge in [0.1, 0.15) is 18.4 Å². The van der Waals surface area contributed by atoms with E-state index in [4.69, 9.17) is 5.26 Å². The molecule has 3 aromatic rings. The second kappa shape index (κ2) is 9.06. The molecular formula is C24H16F4N4O3. The van der Waals surface area contributed by atoms with Crippen molar-refractivity contribution >= 4 is 17.5 Å². The van der Waals surface area contributed by atoms with Crippen LogP contribution in [0.4, 0.5) is 23.2 Å². The monoisotopic (exact) mass is 484 g/mol. The van der Waals surface area contributed by atoms with E-state index in [9.17, 15) is 31.9 Å². The van der Waals surface area contributed by atoms with Crippen LogP contribution in [0.5, 0.6) is 0 Å². The lowest BCUT2D eigenvalue weighted by atomic mass is 9.79. The molecule has 0 bridgehead atoms. The van der Waals surface area contributed by atoms with Crippen molar-refractivity contribution in [3.63, 3.8) is 0 Å². The Morgan fingerprint density at radius 2 is 1.86 bits per heavy atom. The predicted octanol–water partition coefficient (Wildman–Crippen LogP) is 3.87. The number of pyridine rings is 1. The average Bonchev–Trinajstić information content (AvgIpc) is 2.81. The van der Waals surface area contributed by atoms with E-state index in [0.717, 1.165) is 24.4 Å². The van der Waals surface area contributed by atoms with Crippen molar-refractivity contribution in [3.8, 4) is 6.07 Å². The van der Waals surface area contributed by atoms with Gasteiger partial charge in [-0.25, -0.2) is 4.39 Å². The van der Waals surface area contributed by atoms with Crippen LogP contribution >= 0.6 is 0 Å². The summed E-state index contributed by atoms with van der Waals surface area (Å²) in [5.74, 6) is -3.84. The SMILES string of the molecule is N#Cc1cc(NC(=O)[C@H]2c3ccccc3C(=O)N(CC(F)(F)F)[C@@H]2c2ccc(=O)[nH]c2)ccc1F. The normalized spacial score (nSPS) is 17.5. The number of alkyl halides is 3. The maximum absolute atomic E-state index is 13.7. The van der Waals surface area contributed by atoms with Gasteiger partial charge in [-0.05, 0) is 41.5 Å². The number of carbonyl (C=O) groups excluding carboxylic acids is 2.